The largest absolute Gasteiger partial charge is 0.472 e. The number of allylic oxidation sites excluding steroid dienone is 9. The molecule has 0 aliphatic heterocycles. The van der Waals surface area contributed by atoms with Gasteiger partial charge in [0.15, 0.2) is 6.10 Å². The molecule has 67 heavy (non-hydrogen) atoms. The van der Waals surface area contributed by atoms with E-state index < -0.39 is 26.5 Å². The van der Waals surface area contributed by atoms with Crippen LogP contribution in [0.4, 0.5) is 0 Å². The van der Waals surface area contributed by atoms with Crippen molar-refractivity contribution in [2.45, 2.75) is 245 Å². The molecule has 0 aromatic heterocycles. The van der Waals surface area contributed by atoms with Crippen molar-refractivity contribution in [1.82, 2.24) is 0 Å². The lowest BCUT2D eigenvalue weighted by molar-refractivity contribution is -0.870. The Hall–Kier alpha value is -2.29. The molecule has 0 saturated carbocycles. The molecule has 390 valence electrons. The lowest BCUT2D eigenvalue weighted by atomic mass is 10.0. The minimum atomic E-state index is -4.41. The van der Waals surface area contributed by atoms with Gasteiger partial charge in [-0.15, -0.1) is 0 Å². The Kier molecular flexibility index (Phi) is 47.1. The van der Waals surface area contributed by atoms with E-state index in [9.17, 15) is 19.0 Å². The average molecular weight is 963 g/mol. The van der Waals surface area contributed by atoms with E-state index in [2.05, 4.69) is 56.4 Å². The molecule has 2 unspecified atom stereocenters. The number of hydrogen-bond donors (Lipinski definition) is 1. The van der Waals surface area contributed by atoms with Crippen molar-refractivity contribution in [3.05, 3.63) is 60.8 Å². The minimum absolute atomic E-state index is 0.00832. The molecular formula is C57H105NO8P+. The summed E-state index contributed by atoms with van der Waals surface area (Å²) < 4.78 is 34.3. The van der Waals surface area contributed by atoms with Gasteiger partial charge in [0.2, 0.25) is 0 Å². The fourth-order valence-electron chi connectivity index (χ4n) is 7.62. The zero-order valence-electron chi connectivity index (χ0n) is 44.1. The number of esters is 2. The van der Waals surface area contributed by atoms with Gasteiger partial charge in [-0.05, 0) is 38.5 Å². The Morgan fingerprint density at radius 3 is 1.21 bits per heavy atom. The molecule has 0 aliphatic rings. The molecule has 9 nitrogen and oxygen atoms in total. The normalized spacial score (nSPS) is 13.8. The van der Waals surface area contributed by atoms with Crippen LogP contribution in [0.25, 0.3) is 0 Å². The van der Waals surface area contributed by atoms with Crippen molar-refractivity contribution >= 4 is 19.8 Å². The van der Waals surface area contributed by atoms with E-state index in [1.807, 2.05) is 33.3 Å². The van der Waals surface area contributed by atoms with Gasteiger partial charge < -0.3 is 18.9 Å². The number of carbonyl (C=O) groups excluding carboxylic acids is 2. The van der Waals surface area contributed by atoms with E-state index in [0.29, 0.717) is 17.4 Å². The Balaban J connectivity index is 4.14. The number of phosphoric ester groups is 1. The highest BCUT2D eigenvalue weighted by molar-refractivity contribution is 7.47. The van der Waals surface area contributed by atoms with Crippen LogP contribution in [0, 0.1) is 0 Å². The summed E-state index contributed by atoms with van der Waals surface area (Å²) in [6, 6.07) is 0. The van der Waals surface area contributed by atoms with Crippen LogP contribution in [-0.2, 0) is 32.7 Å². The van der Waals surface area contributed by atoms with E-state index in [1.54, 1.807) is 6.08 Å². The number of unbranched alkanes of at least 4 members (excludes halogenated alkanes) is 27. The van der Waals surface area contributed by atoms with Crippen molar-refractivity contribution in [2.75, 3.05) is 47.5 Å². The SMILES string of the molecule is CC/C=C\C/C=C\C/C=C\C/C=C\C/C=C\CC(=O)OC(COC(=O)CCCCCCCCCCCCCCCCCCCCCCCCCCCCCC)COP(=O)(O)OCC[N+](C)(C)C. The maximum absolute atomic E-state index is 12.7. The van der Waals surface area contributed by atoms with Gasteiger partial charge in [0, 0.05) is 6.42 Å². The Labute approximate surface area is 413 Å². The molecule has 0 rings (SSSR count). The summed E-state index contributed by atoms with van der Waals surface area (Å²) >= 11 is 0. The number of ether oxygens (including phenoxy) is 2. The second-order valence-corrected chi connectivity index (χ2v) is 21.1. The van der Waals surface area contributed by atoms with Gasteiger partial charge >= 0.3 is 19.8 Å². The van der Waals surface area contributed by atoms with Gasteiger partial charge in [-0.3, -0.25) is 18.6 Å². The minimum Gasteiger partial charge on any atom is -0.462 e. The Bertz CT molecular complexity index is 1320. The summed E-state index contributed by atoms with van der Waals surface area (Å²) in [6.45, 7) is 4.22. The van der Waals surface area contributed by atoms with E-state index >= 15 is 0 Å². The van der Waals surface area contributed by atoms with Crippen molar-refractivity contribution in [3.8, 4) is 0 Å². The summed E-state index contributed by atoms with van der Waals surface area (Å²) in [4.78, 5) is 35.5. The molecule has 0 fully saturated rings. The van der Waals surface area contributed by atoms with Crippen molar-refractivity contribution in [2.24, 2.45) is 0 Å². The number of phosphoric acid groups is 1. The summed E-state index contributed by atoms with van der Waals surface area (Å²) in [7, 11) is 1.42. The lowest BCUT2D eigenvalue weighted by Crippen LogP contribution is -2.37. The van der Waals surface area contributed by atoms with Crippen LogP contribution in [0.1, 0.15) is 239 Å². The van der Waals surface area contributed by atoms with E-state index in [1.165, 1.54) is 161 Å². The number of quaternary nitrogens is 1. The summed E-state index contributed by atoms with van der Waals surface area (Å²) in [5.74, 6) is -0.939. The molecular weight excluding hydrogens is 858 g/mol. The number of likely N-dealkylation sites (N-methyl/N-ethyl adjacent to an activating group) is 1. The van der Waals surface area contributed by atoms with E-state index in [4.69, 9.17) is 18.5 Å². The maximum atomic E-state index is 12.7. The van der Waals surface area contributed by atoms with Gasteiger partial charge in [0.1, 0.15) is 19.8 Å². The highest BCUT2D eigenvalue weighted by Crippen LogP contribution is 2.43. The molecule has 1 N–H and O–H groups in total. The van der Waals surface area contributed by atoms with Crippen LogP contribution in [0.3, 0.4) is 0 Å². The van der Waals surface area contributed by atoms with Gasteiger partial charge in [-0.1, -0.05) is 248 Å². The molecule has 0 aromatic rings. The first kappa shape index (κ1) is 64.7. The highest BCUT2D eigenvalue weighted by atomic mass is 31.2. The van der Waals surface area contributed by atoms with Gasteiger partial charge in [0.25, 0.3) is 0 Å². The smallest absolute Gasteiger partial charge is 0.462 e. The third kappa shape index (κ3) is 52.9. The summed E-state index contributed by atoms with van der Waals surface area (Å²) in [6.07, 6.45) is 62.0. The molecule has 0 bridgehead atoms. The monoisotopic (exact) mass is 963 g/mol. The number of hydrogen-bond acceptors (Lipinski definition) is 7. The lowest BCUT2D eigenvalue weighted by Gasteiger charge is -2.24. The molecule has 0 amide bonds. The number of carbonyl (C=O) groups is 2. The van der Waals surface area contributed by atoms with Crippen molar-refractivity contribution < 1.29 is 42.1 Å². The standard InChI is InChI=1S/C57H104NO8P/c1-6-8-10-12-14-16-18-20-22-23-24-25-26-27-28-29-30-31-32-33-34-36-37-39-41-43-45-47-49-56(59)63-53-55(54-65-67(61,62)64-52-51-58(3,4)5)66-57(60)50-48-46-44-42-40-38-35-21-19-17-15-13-11-9-7-2/h9,11,15,17,21,35,40,42,46,48,55H,6-8,10,12-14,16,18-20,22-34,36-39,41,43-45,47,49-54H2,1-5H3/p+1/b11-9-,17-15-,35-21-,42-40-,48-46-. The van der Waals surface area contributed by atoms with Crippen LogP contribution in [-0.4, -0.2) is 74.9 Å². The molecule has 0 radical (unpaired) electrons. The molecule has 0 spiro atoms. The van der Waals surface area contributed by atoms with Gasteiger partial charge in [0.05, 0.1) is 34.2 Å². The average Bonchev–Trinajstić information content (AvgIpc) is 3.29. The highest BCUT2D eigenvalue weighted by Gasteiger charge is 2.27. The molecule has 0 saturated heterocycles. The first-order valence-corrected chi connectivity index (χ1v) is 29.0. The van der Waals surface area contributed by atoms with Gasteiger partial charge in [-0.25, -0.2) is 4.57 Å². The predicted molar refractivity (Wildman–Crippen MR) is 284 cm³/mol. The maximum Gasteiger partial charge on any atom is 0.472 e. The first-order valence-electron chi connectivity index (χ1n) is 27.5. The fourth-order valence-corrected chi connectivity index (χ4v) is 8.36. The third-order valence-electron chi connectivity index (χ3n) is 11.8. The molecule has 10 heteroatoms. The first-order chi connectivity index (χ1) is 32.5. The second-order valence-electron chi connectivity index (χ2n) is 19.6. The van der Waals surface area contributed by atoms with Crippen LogP contribution in [0.15, 0.2) is 60.8 Å². The van der Waals surface area contributed by atoms with Crippen LogP contribution in [0.5, 0.6) is 0 Å². The summed E-state index contributed by atoms with van der Waals surface area (Å²) in [5, 5.41) is 0. The van der Waals surface area contributed by atoms with Crippen LogP contribution in [0.2, 0.25) is 0 Å². The predicted octanol–water partition coefficient (Wildman–Crippen LogP) is 16.8. The fraction of sp³-hybridized carbons (Fsp3) is 0.789. The van der Waals surface area contributed by atoms with E-state index in [0.717, 1.165) is 44.9 Å². The number of nitrogens with zero attached hydrogens (tertiary/aromatic N) is 1. The Morgan fingerprint density at radius 1 is 0.478 bits per heavy atom. The zero-order chi connectivity index (χ0) is 49.2. The molecule has 0 aliphatic carbocycles. The number of rotatable bonds is 50. The topological polar surface area (TPSA) is 108 Å². The zero-order valence-corrected chi connectivity index (χ0v) is 45.0. The Morgan fingerprint density at radius 2 is 0.836 bits per heavy atom. The van der Waals surface area contributed by atoms with Crippen molar-refractivity contribution in [1.29, 1.82) is 0 Å². The van der Waals surface area contributed by atoms with Crippen molar-refractivity contribution in [3.63, 3.8) is 0 Å². The van der Waals surface area contributed by atoms with Crippen LogP contribution < -0.4 is 0 Å². The van der Waals surface area contributed by atoms with Gasteiger partial charge in [-0.2, -0.15) is 0 Å². The quantitative estimate of drug-likeness (QED) is 0.0211. The summed E-state index contributed by atoms with van der Waals surface area (Å²) in [5.41, 5.74) is 0. The van der Waals surface area contributed by atoms with E-state index in [-0.39, 0.29) is 32.0 Å². The third-order valence-corrected chi connectivity index (χ3v) is 12.8. The molecule has 0 heterocycles. The molecule has 0 aromatic carbocycles. The second kappa shape index (κ2) is 48.7. The molecule has 2 atom stereocenters. The van der Waals surface area contributed by atoms with Crippen LogP contribution >= 0.6 is 7.82 Å².